The molecular weight excluding hydrogens is 224 g/mol. The SMILES string of the molecule is CCC(C)NC(C)C(O)c1ccc(N(C)C)cc1. The van der Waals surface area contributed by atoms with E-state index in [0.29, 0.717) is 6.04 Å². The Bertz CT molecular complexity index is 348. The van der Waals surface area contributed by atoms with Gasteiger partial charge in [0.25, 0.3) is 0 Å². The number of anilines is 1. The van der Waals surface area contributed by atoms with Crippen molar-refractivity contribution in [2.24, 2.45) is 0 Å². The van der Waals surface area contributed by atoms with Crippen LogP contribution in [0.5, 0.6) is 0 Å². The maximum Gasteiger partial charge on any atom is 0.0940 e. The second-order valence-corrected chi connectivity index (χ2v) is 5.20. The summed E-state index contributed by atoms with van der Waals surface area (Å²) in [6, 6.07) is 8.55. The van der Waals surface area contributed by atoms with E-state index in [9.17, 15) is 5.11 Å². The first kappa shape index (κ1) is 15.0. The summed E-state index contributed by atoms with van der Waals surface area (Å²) in [5.41, 5.74) is 2.11. The van der Waals surface area contributed by atoms with Gasteiger partial charge in [-0.2, -0.15) is 0 Å². The summed E-state index contributed by atoms with van der Waals surface area (Å²) in [6.07, 6.45) is 0.603. The summed E-state index contributed by atoms with van der Waals surface area (Å²) in [6.45, 7) is 6.30. The van der Waals surface area contributed by atoms with E-state index in [1.54, 1.807) is 0 Å². The van der Waals surface area contributed by atoms with Gasteiger partial charge in [0, 0.05) is 31.9 Å². The number of aliphatic hydroxyl groups excluding tert-OH is 1. The van der Waals surface area contributed by atoms with Crippen LogP contribution in [-0.4, -0.2) is 31.3 Å². The fraction of sp³-hybridized carbons (Fsp3) is 0.600. The molecule has 0 radical (unpaired) electrons. The molecule has 0 saturated heterocycles. The Morgan fingerprint density at radius 1 is 1.17 bits per heavy atom. The molecule has 0 saturated carbocycles. The number of nitrogens with zero attached hydrogens (tertiary/aromatic N) is 1. The van der Waals surface area contributed by atoms with Gasteiger partial charge in [-0.05, 0) is 38.0 Å². The summed E-state index contributed by atoms with van der Waals surface area (Å²) >= 11 is 0. The zero-order valence-corrected chi connectivity index (χ0v) is 12.1. The van der Waals surface area contributed by atoms with E-state index in [0.717, 1.165) is 17.7 Å². The molecule has 0 aromatic heterocycles. The Labute approximate surface area is 111 Å². The molecule has 0 aliphatic rings. The van der Waals surface area contributed by atoms with Crippen LogP contribution in [-0.2, 0) is 0 Å². The third-order valence-electron chi connectivity index (χ3n) is 3.38. The lowest BCUT2D eigenvalue weighted by molar-refractivity contribution is 0.130. The number of nitrogens with one attached hydrogen (secondary N) is 1. The molecule has 1 rings (SSSR count). The summed E-state index contributed by atoms with van der Waals surface area (Å²) in [7, 11) is 4.02. The molecule has 0 aliphatic heterocycles. The van der Waals surface area contributed by atoms with Gasteiger partial charge in [0.1, 0.15) is 0 Å². The highest BCUT2D eigenvalue weighted by molar-refractivity contribution is 5.46. The van der Waals surface area contributed by atoms with Gasteiger partial charge in [0.05, 0.1) is 6.10 Å². The number of hydrogen-bond donors (Lipinski definition) is 2. The molecule has 0 fully saturated rings. The van der Waals surface area contributed by atoms with E-state index >= 15 is 0 Å². The Balaban J connectivity index is 2.68. The van der Waals surface area contributed by atoms with Crippen LogP contribution in [0.25, 0.3) is 0 Å². The molecule has 102 valence electrons. The Hall–Kier alpha value is -1.06. The molecule has 0 amide bonds. The molecule has 0 bridgehead atoms. The van der Waals surface area contributed by atoms with Crippen molar-refractivity contribution in [1.82, 2.24) is 5.32 Å². The van der Waals surface area contributed by atoms with E-state index < -0.39 is 6.10 Å². The normalized spacial score (nSPS) is 16.1. The quantitative estimate of drug-likeness (QED) is 0.814. The number of aliphatic hydroxyl groups is 1. The lowest BCUT2D eigenvalue weighted by Crippen LogP contribution is -2.38. The molecule has 3 unspecified atom stereocenters. The summed E-state index contributed by atoms with van der Waals surface area (Å²) in [5, 5.41) is 13.7. The van der Waals surface area contributed by atoms with Crippen molar-refractivity contribution < 1.29 is 5.11 Å². The van der Waals surface area contributed by atoms with Crippen LogP contribution < -0.4 is 10.2 Å². The van der Waals surface area contributed by atoms with Crippen LogP contribution in [0.2, 0.25) is 0 Å². The van der Waals surface area contributed by atoms with E-state index in [2.05, 4.69) is 24.1 Å². The van der Waals surface area contributed by atoms with Gasteiger partial charge >= 0.3 is 0 Å². The maximum atomic E-state index is 10.3. The molecular formula is C15H26N2O. The van der Waals surface area contributed by atoms with Crippen molar-refractivity contribution in [3.8, 4) is 0 Å². The molecule has 0 aliphatic carbocycles. The predicted octanol–water partition coefficient (Wildman–Crippen LogP) is 2.56. The van der Waals surface area contributed by atoms with Gasteiger partial charge in [-0.25, -0.2) is 0 Å². The van der Waals surface area contributed by atoms with Crippen LogP contribution in [0.15, 0.2) is 24.3 Å². The van der Waals surface area contributed by atoms with E-state index in [1.807, 2.05) is 45.3 Å². The monoisotopic (exact) mass is 250 g/mol. The van der Waals surface area contributed by atoms with E-state index in [1.165, 1.54) is 0 Å². The first-order valence-corrected chi connectivity index (χ1v) is 6.67. The highest BCUT2D eigenvalue weighted by Gasteiger charge is 2.17. The average molecular weight is 250 g/mol. The van der Waals surface area contributed by atoms with Crippen LogP contribution in [0.4, 0.5) is 5.69 Å². The zero-order chi connectivity index (χ0) is 13.7. The first-order chi connectivity index (χ1) is 8.45. The van der Waals surface area contributed by atoms with Gasteiger partial charge in [0.2, 0.25) is 0 Å². The lowest BCUT2D eigenvalue weighted by Gasteiger charge is -2.24. The van der Waals surface area contributed by atoms with Crippen molar-refractivity contribution in [2.75, 3.05) is 19.0 Å². The van der Waals surface area contributed by atoms with Crippen molar-refractivity contribution in [3.05, 3.63) is 29.8 Å². The Kier molecular flexibility index (Phi) is 5.63. The van der Waals surface area contributed by atoms with Crippen LogP contribution >= 0.6 is 0 Å². The fourth-order valence-electron chi connectivity index (χ4n) is 1.92. The molecule has 18 heavy (non-hydrogen) atoms. The molecule has 1 aromatic carbocycles. The fourth-order valence-corrected chi connectivity index (χ4v) is 1.92. The Morgan fingerprint density at radius 3 is 2.17 bits per heavy atom. The molecule has 3 heteroatoms. The van der Waals surface area contributed by atoms with Gasteiger partial charge in [-0.3, -0.25) is 0 Å². The largest absolute Gasteiger partial charge is 0.387 e. The average Bonchev–Trinajstić information content (AvgIpc) is 2.37. The molecule has 2 N–H and O–H groups in total. The third-order valence-corrected chi connectivity index (χ3v) is 3.38. The predicted molar refractivity (Wildman–Crippen MR) is 78.1 cm³/mol. The molecule has 0 spiro atoms. The third kappa shape index (κ3) is 4.00. The van der Waals surface area contributed by atoms with Gasteiger partial charge in [-0.1, -0.05) is 19.1 Å². The number of benzene rings is 1. The van der Waals surface area contributed by atoms with Gasteiger partial charge < -0.3 is 15.3 Å². The highest BCUT2D eigenvalue weighted by Crippen LogP contribution is 2.20. The number of hydrogen-bond acceptors (Lipinski definition) is 3. The summed E-state index contributed by atoms with van der Waals surface area (Å²) in [5.74, 6) is 0. The maximum absolute atomic E-state index is 10.3. The van der Waals surface area contributed by atoms with Crippen LogP contribution in [0.1, 0.15) is 38.9 Å². The molecule has 3 nitrogen and oxygen atoms in total. The highest BCUT2D eigenvalue weighted by atomic mass is 16.3. The van der Waals surface area contributed by atoms with Crippen molar-refractivity contribution in [1.29, 1.82) is 0 Å². The first-order valence-electron chi connectivity index (χ1n) is 6.67. The topological polar surface area (TPSA) is 35.5 Å². The zero-order valence-electron chi connectivity index (χ0n) is 12.1. The molecule has 3 atom stereocenters. The minimum Gasteiger partial charge on any atom is -0.387 e. The summed E-state index contributed by atoms with van der Waals surface area (Å²) < 4.78 is 0. The van der Waals surface area contributed by atoms with E-state index in [-0.39, 0.29) is 6.04 Å². The molecule has 1 aromatic rings. The minimum absolute atomic E-state index is 0.0603. The van der Waals surface area contributed by atoms with Gasteiger partial charge in [0.15, 0.2) is 0 Å². The summed E-state index contributed by atoms with van der Waals surface area (Å²) in [4.78, 5) is 2.05. The Morgan fingerprint density at radius 2 is 1.72 bits per heavy atom. The second kappa shape index (κ2) is 6.76. The van der Waals surface area contributed by atoms with Crippen molar-refractivity contribution in [3.63, 3.8) is 0 Å². The minimum atomic E-state index is -0.463. The second-order valence-electron chi connectivity index (χ2n) is 5.20. The van der Waals surface area contributed by atoms with Gasteiger partial charge in [-0.15, -0.1) is 0 Å². The smallest absolute Gasteiger partial charge is 0.0940 e. The standard InChI is InChI=1S/C15H26N2O/c1-6-11(2)16-12(3)15(18)13-7-9-14(10-8-13)17(4)5/h7-12,15-16,18H,6H2,1-5H3. The van der Waals surface area contributed by atoms with Crippen molar-refractivity contribution in [2.45, 2.75) is 45.4 Å². The van der Waals surface area contributed by atoms with Crippen LogP contribution in [0.3, 0.4) is 0 Å². The van der Waals surface area contributed by atoms with Crippen LogP contribution in [0, 0.1) is 0 Å². The van der Waals surface area contributed by atoms with E-state index in [4.69, 9.17) is 0 Å². The molecule has 0 heterocycles. The number of rotatable bonds is 6. The lowest BCUT2D eigenvalue weighted by atomic mass is 10.0. The van der Waals surface area contributed by atoms with Crippen molar-refractivity contribution >= 4 is 5.69 Å².